The van der Waals surface area contributed by atoms with Crippen molar-refractivity contribution in [3.8, 4) is 0 Å². The molecule has 0 saturated heterocycles. The third kappa shape index (κ3) is 2.17. The Morgan fingerprint density at radius 2 is 2.00 bits per heavy atom. The van der Waals surface area contributed by atoms with Crippen LogP contribution < -0.4 is 5.73 Å². The number of benzene rings is 1. The van der Waals surface area contributed by atoms with Gasteiger partial charge in [0.25, 0.3) is 0 Å². The van der Waals surface area contributed by atoms with Gasteiger partial charge in [0.1, 0.15) is 5.52 Å². The van der Waals surface area contributed by atoms with Gasteiger partial charge in [-0.25, -0.2) is 4.98 Å². The van der Waals surface area contributed by atoms with Crippen LogP contribution in [-0.2, 0) is 6.54 Å². The molecule has 96 valence electrons. The summed E-state index contributed by atoms with van der Waals surface area (Å²) in [4.78, 5) is 8.41. The molecule has 4 heteroatoms. The first kappa shape index (κ1) is 11.7. The lowest BCUT2D eigenvalue weighted by atomic mass is 10.0. The first-order valence-corrected chi connectivity index (χ1v) is 6.36. The number of aromatic nitrogens is 3. The quantitative estimate of drug-likeness (QED) is 0.779. The zero-order valence-corrected chi connectivity index (χ0v) is 10.8. The van der Waals surface area contributed by atoms with Crippen LogP contribution in [0.5, 0.6) is 0 Å². The van der Waals surface area contributed by atoms with Gasteiger partial charge in [0.15, 0.2) is 0 Å². The molecule has 2 N–H and O–H groups in total. The van der Waals surface area contributed by atoms with E-state index < -0.39 is 0 Å². The minimum atomic E-state index is 0.383. The van der Waals surface area contributed by atoms with Crippen LogP contribution in [0, 0.1) is 0 Å². The van der Waals surface area contributed by atoms with Crippen LogP contribution in [0.1, 0.15) is 18.4 Å². The van der Waals surface area contributed by atoms with Crippen molar-refractivity contribution in [2.75, 3.05) is 5.73 Å². The standard InChI is InChI=1S/C15H16N4/c1-11(12-5-3-2-4-6-12)10-19-14-7-8-17-9-13(14)18-15(19)16/h2-9,11H,10H2,1H3,(H2,16,18). The van der Waals surface area contributed by atoms with Gasteiger partial charge in [0.05, 0.1) is 11.7 Å². The number of hydrogen-bond acceptors (Lipinski definition) is 3. The van der Waals surface area contributed by atoms with Crippen molar-refractivity contribution in [2.24, 2.45) is 0 Å². The molecule has 0 spiro atoms. The van der Waals surface area contributed by atoms with E-state index in [0.29, 0.717) is 11.9 Å². The largest absolute Gasteiger partial charge is 0.369 e. The lowest BCUT2D eigenvalue weighted by Gasteiger charge is -2.14. The average molecular weight is 252 g/mol. The smallest absolute Gasteiger partial charge is 0.201 e. The van der Waals surface area contributed by atoms with Crippen molar-refractivity contribution in [2.45, 2.75) is 19.4 Å². The van der Waals surface area contributed by atoms with Crippen molar-refractivity contribution >= 4 is 17.0 Å². The number of nitrogens with two attached hydrogens (primary N) is 1. The second-order valence-electron chi connectivity index (χ2n) is 4.76. The Morgan fingerprint density at radius 3 is 2.79 bits per heavy atom. The summed E-state index contributed by atoms with van der Waals surface area (Å²) >= 11 is 0. The maximum atomic E-state index is 6.00. The molecule has 3 rings (SSSR count). The van der Waals surface area contributed by atoms with Gasteiger partial charge in [0.2, 0.25) is 5.95 Å². The fraction of sp³-hybridized carbons (Fsp3) is 0.200. The number of nitrogens with zero attached hydrogens (tertiary/aromatic N) is 3. The molecule has 1 aromatic carbocycles. The highest BCUT2D eigenvalue weighted by molar-refractivity contribution is 5.77. The number of pyridine rings is 1. The molecule has 4 nitrogen and oxygen atoms in total. The summed E-state index contributed by atoms with van der Waals surface area (Å²) in [6.07, 6.45) is 3.52. The van der Waals surface area contributed by atoms with Gasteiger partial charge in [-0.1, -0.05) is 37.3 Å². The first-order valence-electron chi connectivity index (χ1n) is 6.36. The Morgan fingerprint density at radius 1 is 1.21 bits per heavy atom. The maximum absolute atomic E-state index is 6.00. The van der Waals surface area contributed by atoms with E-state index in [4.69, 9.17) is 5.73 Å². The fourth-order valence-electron chi connectivity index (χ4n) is 2.35. The zero-order valence-electron chi connectivity index (χ0n) is 10.8. The SMILES string of the molecule is CC(Cn1c(N)nc2cnccc21)c1ccccc1. The number of hydrogen-bond donors (Lipinski definition) is 1. The molecule has 0 aliphatic carbocycles. The van der Waals surface area contributed by atoms with Gasteiger partial charge in [0, 0.05) is 12.7 Å². The van der Waals surface area contributed by atoms with Crippen molar-refractivity contribution in [1.29, 1.82) is 0 Å². The lowest BCUT2D eigenvalue weighted by Crippen LogP contribution is -2.09. The number of anilines is 1. The average Bonchev–Trinajstić information content (AvgIpc) is 2.76. The van der Waals surface area contributed by atoms with Crippen LogP contribution in [0.2, 0.25) is 0 Å². The summed E-state index contributed by atoms with van der Waals surface area (Å²) in [7, 11) is 0. The maximum Gasteiger partial charge on any atom is 0.201 e. The summed E-state index contributed by atoms with van der Waals surface area (Å²) in [6.45, 7) is 3.01. The van der Waals surface area contributed by atoms with E-state index in [-0.39, 0.29) is 0 Å². The molecule has 0 aliphatic heterocycles. The molecular formula is C15H16N4. The van der Waals surface area contributed by atoms with E-state index in [2.05, 4.69) is 45.7 Å². The van der Waals surface area contributed by atoms with E-state index in [9.17, 15) is 0 Å². The Hall–Kier alpha value is -2.36. The molecule has 19 heavy (non-hydrogen) atoms. The highest BCUT2D eigenvalue weighted by Crippen LogP contribution is 2.22. The Bertz CT molecular complexity index is 688. The van der Waals surface area contributed by atoms with Crippen LogP contribution in [0.3, 0.4) is 0 Å². The number of nitrogen functional groups attached to an aromatic ring is 1. The van der Waals surface area contributed by atoms with Crippen LogP contribution in [0.4, 0.5) is 5.95 Å². The molecule has 0 aliphatic rings. The summed E-state index contributed by atoms with van der Waals surface area (Å²) in [5.74, 6) is 0.930. The van der Waals surface area contributed by atoms with Crippen LogP contribution in [0.15, 0.2) is 48.8 Å². The zero-order chi connectivity index (χ0) is 13.2. The van der Waals surface area contributed by atoms with E-state index in [1.165, 1.54) is 5.56 Å². The van der Waals surface area contributed by atoms with Crippen LogP contribution in [0.25, 0.3) is 11.0 Å². The summed E-state index contributed by atoms with van der Waals surface area (Å²) in [5, 5.41) is 0. The molecule has 1 unspecified atom stereocenters. The van der Waals surface area contributed by atoms with Gasteiger partial charge in [-0.05, 0) is 17.5 Å². The van der Waals surface area contributed by atoms with Crippen molar-refractivity contribution < 1.29 is 0 Å². The van der Waals surface area contributed by atoms with E-state index in [1.54, 1.807) is 12.4 Å². The molecule has 0 fully saturated rings. The molecule has 0 amide bonds. The third-order valence-corrected chi connectivity index (χ3v) is 3.41. The molecule has 0 saturated carbocycles. The van der Waals surface area contributed by atoms with Gasteiger partial charge in [-0.3, -0.25) is 4.98 Å². The summed E-state index contributed by atoms with van der Waals surface area (Å²) < 4.78 is 2.05. The highest BCUT2D eigenvalue weighted by Gasteiger charge is 2.12. The first-order chi connectivity index (χ1) is 9.25. The summed E-state index contributed by atoms with van der Waals surface area (Å²) in [5.41, 5.74) is 9.19. The summed E-state index contributed by atoms with van der Waals surface area (Å²) in [6, 6.07) is 12.4. The Balaban J connectivity index is 1.95. The molecule has 0 bridgehead atoms. The highest BCUT2D eigenvalue weighted by atomic mass is 15.2. The monoisotopic (exact) mass is 252 g/mol. The molecule has 2 aromatic heterocycles. The van der Waals surface area contributed by atoms with Crippen molar-refractivity contribution in [3.05, 3.63) is 54.4 Å². The van der Waals surface area contributed by atoms with Gasteiger partial charge < -0.3 is 10.3 Å². The Kier molecular flexibility index (Phi) is 2.91. The minimum Gasteiger partial charge on any atom is -0.369 e. The van der Waals surface area contributed by atoms with Crippen LogP contribution >= 0.6 is 0 Å². The third-order valence-electron chi connectivity index (χ3n) is 3.41. The Labute approximate surface area is 111 Å². The second kappa shape index (κ2) is 4.72. The van der Waals surface area contributed by atoms with Crippen molar-refractivity contribution in [1.82, 2.24) is 14.5 Å². The normalized spacial score (nSPS) is 12.7. The molecule has 0 radical (unpaired) electrons. The molecule has 3 aromatic rings. The van der Waals surface area contributed by atoms with E-state index >= 15 is 0 Å². The minimum absolute atomic E-state index is 0.383. The fourth-order valence-corrected chi connectivity index (χ4v) is 2.35. The van der Waals surface area contributed by atoms with Gasteiger partial charge >= 0.3 is 0 Å². The van der Waals surface area contributed by atoms with Gasteiger partial charge in [-0.15, -0.1) is 0 Å². The van der Waals surface area contributed by atoms with E-state index in [0.717, 1.165) is 17.6 Å². The van der Waals surface area contributed by atoms with Gasteiger partial charge in [-0.2, -0.15) is 0 Å². The second-order valence-corrected chi connectivity index (χ2v) is 4.76. The predicted octanol–water partition coefficient (Wildman–Crippen LogP) is 2.82. The number of rotatable bonds is 3. The lowest BCUT2D eigenvalue weighted by molar-refractivity contribution is 0.617. The molecule has 2 heterocycles. The van der Waals surface area contributed by atoms with Crippen LogP contribution in [-0.4, -0.2) is 14.5 Å². The van der Waals surface area contributed by atoms with E-state index in [1.807, 2.05) is 12.1 Å². The van der Waals surface area contributed by atoms with Crippen molar-refractivity contribution in [3.63, 3.8) is 0 Å². The number of imidazole rings is 1. The predicted molar refractivity (Wildman–Crippen MR) is 76.8 cm³/mol. The topological polar surface area (TPSA) is 56.7 Å². The molecule has 1 atom stereocenters. The number of fused-ring (bicyclic) bond motifs is 1. The molecular weight excluding hydrogens is 236 g/mol.